The van der Waals surface area contributed by atoms with Gasteiger partial charge in [-0.2, -0.15) is 0 Å². The van der Waals surface area contributed by atoms with Crippen molar-refractivity contribution in [2.75, 3.05) is 12.8 Å². The van der Waals surface area contributed by atoms with E-state index in [4.69, 9.17) is 5.11 Å². The standard InChI is InChI=1S/C11H15NO4S/c1-7(17(2)16)6-12-11(15)9-4-3-8(13)5-10(9)14/h3-5,7,13-14H,6H2,1-2H3,(H,12,15). The molecule has 0 fully saturated rings. The van der Waals surface area contributed by atoms with E-state index in [2.05, 4.69) is 5.32 Å². The predicted molar refractivity (Wildman–Crippen MR) is 65.6 cm³/mol. The third-order valence-electron chi connectivity index (χ3n) is 2.34. The van der Waals surface area contributed by atoms with Crippen LogP contribution in [-0.4, -0.2) is 38.4 Å². The molecular formula is C11H15NO4S. The van der Waals surface area contributed by atoms with Crippen molar-refractivity contribution in [1.82, 2.24) is 5.32 Å². The average molecular weight is 257 g/mol. The fourth-order valence-electron chi connectivity index (χ4n) is 1.16. The largest absolute Gasteiger partial charge is 0.508 e. The summed E-state index contributed by atoms with van der Waals surface area (Å²) in [6, 6.07) is 3.74. The van der Waals surface area contributed by atoms with Gasteiger partial charge in [-0.05, 0) is 19.1 Å². The zero-order chi connectivity index (χ0) is 13.0. The van der Waals surface area contributed by atoms with Crippen LogP contribution < -0.4 is 5.32 Å². The van der Waals surface area contributed by atoms with Crippen molar-refractivity contribution in [3.63, 3.8) is 0 Å². The van der Waals surface area contributed by atoms with Gasteiger partial charge in [-0.15, -0.1) is 0 Å². The first-order valence-corrected chi connectivity index (χ1v) is 6.66. The maximum absolute atomic E-state index is 11.7. The van der Waals surface area contributed by atoms with E-state index in [9.17, 15) is 14.1 Å². The minimum Gasteiger partial charge on any atom is -0.508 e. The Labute approximate surface area is 102 Å². The molecule has 1 amide bonds. The van der Waals surface area contributed by atoms with E-state index >= 15 is 0 Å². The maximum Gasteiger partial charge on any atom is 0.255 e. The second-order valence-corrected chi connectivity index (χ2v) is 5.52. The van der Waals surface area contributed by atoms with E-state index < -0.39 is 16.7 Å². The summed E-state index contributed by atoms with van der Waals surface area (Å²) >= 11 is 0. The Kier molecular flexibility index (Phi) is 4.51. The molecule has 1 aromatic carbocycles. The Morgan fingerprint density at radius 3 is 2.65 bits per heavy atom. The molecule has 0 bridgehead atoms. The second-order valence-electron chi connectivity index (χ2n) is 3.72. The second kappa shape index (κ2) is 5.67. The normalized spacial score (nSPS) is 14.0. The molecule has 6 heteroatoms. The first-order chi connectivity index (χ1) is 7.91. The molecule has 0 aliphatic carbocycles. The molecule has 0 aliphatic rings. The van der Waals surface area contributed by atoms with Gasteiger partial charge in [-0.3, -0.25) is 9.00 Å². The van der Waals surface area contributed by atoms with Gasteiger partial charge in [0, 0.05) is 34.9 Å². The Bertz CT molecular complexity index is 447. The summed E-state index contributed by atoms with van der Waals surface area (Å²) in [6.45, 7) is 2.02. The molecule has 0 aliphatic heterocycles. The van der Waals surface area contributed by atoms with Crippen LogP contribution in [0.25, 0.3) is 0 Å². The highest BCUT2D eigenvalue weighted by molar-refractivity contribution is 7.84. The summed E-state index contributed by atoms with van der Waals surface area (Å²) in [4.78, 5) is 11.7. The lowest BCUT2D eigenvalue weighted by atomic mass is 10.2. The van der Waals surface area contributed by atoms with E-state index in [1.54, 1.807) is 13.2 Å². The fourth-order valence-corrected chi connectivity index (χ4v) is 1.48. The number of rotatable bonds is 4. The van der Waals surface area contributed by atoms with Gasteiger partial charge in [0.2, 0.25) is 0 Å². The Morgan fingerprint density at radius 2 is 2.12 bits per heavy atom. The molecule has 0 saturated heterocycles. The van der Waals surface area contributed by atoms with Gasteiger partial charge in [0.25, 0.3) is 5.91 Å². The first kappa shape index (κ1) is 13.5. The van der Waals surface area contributed by atoms with Gasteiger partial charge < -0.3 is 15.5 Å². The molecule has 0 saturated carbocycles. The van der Waals surface area contributed by atoms with E-state index in [0.29, 0.717) is 0 Å². The molecule has 0 aromatic heterocycles. The van der Waals surface area contributed by atoms with Crippen molar-refractivity contribution in [2.45, 2.75) is 12.2 Å². The molecule has 0 radical (unpaired) electrons. The number of aromatic hydroxyl groups is 2. The van der Waals surface area contributed by atoms with Crippen molar-refractivity contribution in [2.24, 2.45) is 0 Å². The van der Waals surface area contributed by atoms with Crippen LogP contribution in [0.4, 0.5) is 0 Å². The number of amides is 1. The Morgan fingerprint density at radius 1 is 1.47 bits per heavy atom. The Balaban J connectivity index is 2.67. The van der Waals surface area contributed by atoms with Gasteiger partial charge in [-0.1, -0.05) is 0 Å². The number of carbonyl (C=O) groups excluding carboxylic acids is 1. The number of phenolic OH excluding ortho intramolecular Hbond substituents is 2. The SMILES string of the molecule is CC(CNC(=O)c1ccc(O)cc1O)S(C)=O. The van der Waals surface area contributed by atoms with Crippen LogP contribution in [0, 0.1) is 0 Å². The van der Waals surface area contributed by atoms with Crippen LogP contribution >= 0.6 is 0 Å². The lowest BCUT2D eigenvalue weighted by Gasteiger charge is -2.10. The molecule has 1 rings (SSSR count). The molecule has 2 atom stereocenters. The smallest absolute Gasteiger partial charge is 0.255 e. The topological polar surface area (TPSA) is 86.6 Å². The average Bonchev–Trinajstić information content (AvgIpc) is 2.25. The summed E-state index contributed by atoms with van der Waals surface area (Å²) in [7, 11) is -1.01. The van der Waals surface area contributed by atoms with E-state index in [1.165, 1.54) is 12.1 Å². The molecule has 94 valence electrons. The third kappa shape index (κ3) is 3.74. The van der Waals surface area contributed by atoms with Crippen molar-refractivity contribution >= 4 is 16.7 Å². The van der Waals surface area contributed by atoms with Crippen molar-refractivity contribution in [1.29, 1.82) is 0 Å². The highest BCUT2D eigenvalue weighted by Gasteiger charge is 2.13. The van der Waals surface area contributed by atoms with Gasteiger partial charge in [0.05, 0.1) is 5.56 Å². The molecule has 0 heterocycles. The van der Waals surface area contributed by atoms with E-state index in [-0.39, 0.29) is 28.9 Å². The van der Waals surface area contributed by atoms with Crippen LogP contribution in [0.15, 0.2) is 18.2 Å². The van der Waals surface area contributed by atoms with E-state index in [0.717, 1.165) is 6.07 Å². The van der Waals surface area contributed by atoms with E-state index in [1.807, 2.05) is 0 Å². The lowest BCUT2D eigenvalue weighted by Crippen LogP contribution is -2.32. The summed E-state index contributed by atoms with van der Waals surface area (Å²) in [5, 5.41) is 20.9. The molecule has 5 nitrogen and oxygen atoms in total. The van der Waals surface area contributed by atoms with Gasteiger partial charge in [-0.25, -0.2) is 0 Å². The quantitative estimate of drug-likeness (QED) is 0.737. The van der Waals surface area contributed by atoms with Gasteiger partial charge in [0.15, 0.2) is 0 Å². The number of nitrogens with one attached hydrogen (secondary N) is 1. The highest BCUT2D eigenvalue weighted by atomic mass is 32.2. The molecule has 2 unspecified atom stereocenters. The predicted octanol–water partition coefficient (Wildman–Crippen LogP) is 0.595. The minimum absolute atomic E-state index is 0.0804. The zero-order valence-corrected chi connectivity index (χ0v) is 10.5. The van der Waals surface area contributed by atoms with Crippen LogP contribution in [0.5, 0.6) is 11.5 Å². The maximum atomic E-state index is 11.7. The number of phenols is 2. The van der Waals surface area contributed by atoms with Gasteiger partial charge >= 0.3 is 0 Å². The number of benzene rings is 1. The van der Waals surface area contributed by atoms with Crippen molar-refractivity contribution < 1.29 is 19.2 Å². The van der Waals surface area contributed by atoms with Crippen molar-refractivity contribution in [3.05, 3.63) is 23.8 Å². The van der Waals surface area contributed by atoms with Crippen LogP contribution in [0.1, 0.15) is 17.3 Å². The zero-order valence-electron chi connectivity index (χ0n) is 9.64. The summed E-state index contributed by atoms with van der Waals surface area (Å²) in [5.41, 5.74) is 0.0804. The number of hydrogen-bond donors (Lipinski definition) is 3. The summed E-state index contributed by atoms with van der Waals surface area (Å²) in [5.74, 6) is -0.852. The first-order valence-electron chi connectivity index (χ1n) is 5.04. The molecule has 3 N–H and O–H groups in total. The number of carbonyl (C=O) groups is 1. The minimum atomic E-state index is -1.01. The molecular weight excluding hydrogens is 242 g/mol. The number of hydrogen-bond acceptors (Lipinski definition) is 4. The Hall–Kier alpha value is -1.56. The van der Waals surface area contributed by atoms with Crippen LogP contribution in [0.3, 0.4) is 0 Å². The highest BCUT2D eigenvalue weighted by Crippen LogP contribution is 2.22. The van der Waals surface area contributed by atoms with Crippen LogP contribution in [0.2, 0.25) is 0 Å². The molecule has 17 heavy (non-hydrogen) atoms. The summed E-state index contributed by atoms with van der Waals surface area (Å²) < 4.78 is 11.1. The fraction of sp³-hybridized carbons (Fsp3) is 0.364. The lowest BCUT2D eigenvalue weighted by molar-refractivity contribution is 0.0951. The van der Waals surface area contributed by atoms with Crippen molar-refractivity contribution in [3.8, 4) is 11.5 Å². The summed E-state index contributed by atoms with van der Waals surface area (Å²) in [6.07, 6.45) is 1.56. The van der Waals surface area contributed by atoms with Gasteiger partial charge in [0.1, 0.15) is 11.5 Å². The molecule has 1 aromatic rings. The van der Waals surface area contributed by atoms with Crippen LogP contribution in [-0.2, 0) is 10.8 Å². The monoisotopic (exact) mass is 257 g/mol. The molecule has 0 spiro atoms. The third-order valence-corrected chi connectivity index (χ3v) is 3.64.